The van der Waals surface area contributed by atoms with Gasteiger partial charge in [-0.05, 0) is 61.2 Å². The van der Waals surface area contributed by atoms with Crippen LogP contribution in [-0.4, -0.2) is 20.9 Å². The van der Waals surface area contributed by atoms with Gasteiger partial charge in [0.05, 0.1) is 11.2 Å². The lowest BCUT2D eigenvalue weighted by molar-refractivity contribution is -0.116. The van der Waals surface area contributed by atoms with Gasteiger partial charge in [-0.2, -0.15) is 0 Å². The Balaban J connectivity index is 1.70. The van der Waals surface area contributed by atoms with Crippen molar-refractivity contribution in [3.63, 3.8) is 0 Å². The molecule has 2 heterocycles. The lowest BCUT2D eigenvalue weighted by atomic mass is 10.0. The van der Waals surface area contributed by atoms with Gasteiger partial charge in [0, 0.05) is 30.2 Å². The zero-order valence-electron chi connectivity index (χ0n) is 15.2. The highest BCUT2D eigenvalue weighted by atomic mass is 32.2. The molecular weight excluding hydrogens is 364 g/mol. The fourth-order valence-corrected chi connectivity index (χ4v) is 4.55. The van der Waals surface area contributed by atoms with E-state index < -0.39 is 10.0 Å². The number of fused-ring (bicyclic) bond motifs is 2. The van der Waals surface area contributed by atoms with E-state index >= 15 is 0 Å². The first-order chi connectivity index (χ1) is 12.8. The summed E-state index contributed by atoms with van der Waals surface area (Å²) in [7, 11) is -3.78. The summed E-state index contributed by atoms with van der Waals surface area (Å²) in [4.78, 5) is 13.7. The van der Waals surface area contributed by atoms with E-state index in [1.54, 1.807) is 47.6 Å². The van der Waals surface area contributed by atoms with Crippen LogP contribution < -0.4 is 9.62 Å². The molecule has 0 radical (unpaired) electrons. The fourth-order valence-electron chi connectivity index (χ4n) is 3.48. The summed E-state index contributed by atoms with van der Waals surface area (Å²) in [6.45, 7) is 4.01. The topological polar surface area (TPSA) is 79.6 Å². The second kappa shape index (κ2) is 6.42. The molecule has 0 spiro atoms. The van der Waals surface area contributed by atoms with E-state index in [9.17, 15) is 13.2 Å². The number of anilines is 2. The minimum absolute atomic E-state index is 0.0839. The molecular formula is C20H20N2O4S. The van der Waals surface area contributed by atoms with Crippen molar-refractivity contribution in [1.82, 2.24) is 0 Å². The standard InChI is InChI=1S/C20H20N2O4S/c1-13-12-26-20-8-6-16(10-18(13)20)21-27(24,25)17-7-5-15-4-3-9-22(14(2)23)19(15)11-17/h5-8,10-12,21H,3-4,9H2,1-2H3. The zero-order chi connectivity index (χ0) is 19.2. The Morgan fingerprint density at radius 1 is 1.19 bits per heavy atom. The number of carbonyl (C=O) groups excluding carboxylic acids is 1. The SMILES string of the molecule is CC(=O)N1CCCc2ccc(S(=O)(=O)Nc3ccc4occ(C)c4c3)cc21. The lowest BCUT2D eigenvalue weighted by Gasteiger charge is -2.29. The van der Waals surface area contributed by atoms with Gasteiger partial charge in [0.25, 0.3) is 10.0 Å². The van der Waals surface area contributed by atoms with Crippen LogP contribution in [0.3, 0.4) is 0 Å². The summed E-state index contributed by atoms with van der Waals surface area (Å²) >= 11 is 0. The number of hydrogen-bond acceptors (Lipinski definition) is 4. The maximum atomic E-state index is 12.9. The molecule has 1 aliphatic heterocycles. The number of rotatable bonds is 3. The van der Waals surface area contributed by atoms with E-state index in [-0.39, 0.29) is 10.8 Å². The normalized spacial score (nSPS) is 14.2. The maximum Gasteiger partial charge on any atom is 0.261 e. The Hall–Kier alpha value is -2.80. The molecule has 7 heteroatoms. The van der Waals surface area contributed by atoms with Crippen molar-refractivity contribution in [1.29, 1.82) is 0 Å². The van der Waals surface area contributed by atoms with Crippen molar-refractivity contribution in [2.24, 2.45) is 0 Å². The third kappa shape index (κ3) is 3.19. The number of nitrogens with one attached hydrogen (secondary N) is 1. The predicted molar refractivity (Wildman–Crippen MR) is 105 cm³/mol. The molecule has 0 atom stereocenters. The Morgan fingerprint density at radius 3 is 2.78 bits per heavy atom. The molecule has 4 rings (SSSR count). The highest BCUT2D eigenvalue weighted by Crippen LogP contribution is 2.31. The molecule has 2 aromatic carbocycles. The average molecular weight is 384 g/mol. The highest BCUT2D eigenvalue weighted by molar-refractivity contribution is 7.92. The van der Waals surface area contributed by atoms with Crippen LogP contribution in [0.25, 0.3) is 11.0 Å². The molecule has 0 saturated carbocycles. The monoisotopic (exact) mass is 384 g/mol. The van der Waals surface area contributed by atoms with Crippen molar-refractivity contribution in [3.8, 4) is 0 Å². The van der Waals surface area contributed by atoms with Gasteiger partial charge in [-0.25, -0.2) is 8.42 Å². The smallest absolute Gasteiger partial charge is 0.261 e. The Bertz CT molecular complexity index is 1150. The summed E-state index contributed by atoms with van der Waals surface area (Å²) in [5.74, 6) is -0.0839. The number of amides is 1. The molecule has 6 nitrogen and oxygen atoms in total. The first-order valence-corrected chi connectivity index (χ1v) is 10.3. The van der Waals surface area contributed by atoms with Crippen LogP contribution in [0.2, 0.25) is 0 Å². The van der Waals surface area contributed by atoms with E-state index in [1.807, 2.05) is 6.92 Å². The molecule has 0 bridgehead atoms. The molecule has 1 amide bonds. The zero-order valence-corrected chi connectivity index (χ0v) is 16.0. The first kappa shape index (κ1) is 17.6. The van der Waals surface area contributed by atoms with Gasteiger partial charge in [0.15, 0.2) is 0 Å². The number of furan rings is 1. The Labute approximate surface area is 157 Å². The molecule has 0 fully saturated rings. The third-order valence-electron chi connectivity index (χ3n) is 4.89. The van der Waals surface area contributed by atoms with Gasteiger partial charge in [-0.3, -0.25) is 9.52 Å². The maximum absolute atomic E-state index is 12.9. The van der Waals surface area contributed by atoms with Crippen LogP contribution in [0.4, 0.5) is 11.4 Å². The minimum Gasteiger partial charge on any atom is -0.464 e. The summed E-state index contributed by atoms with van der Waals surface area (Å²) in [6, 6.07) is 10.1. The number of aryl methyl sites for hydroxylation is 2. The van der Waals surface area contributed by atoms with Crippen LogP contribution in [0.15, 0.2) is 52.0 Å². The van der Waals surface area contributed by atoms with Crippen LogP contribution in [0.1, 0.15) is 24.5 Å². The number of benzene rings is 2. The van der Waals surface area contributed by atoms with E-state index in [0.717, 1.165) is 29.4 Å². The van der Waals surface area contributed by atoms with Crippen molar-refractivity contribution in [2.75, 3.05) is 16.2 Å². The first-order valence-electron chi connectivity index (χ1n) is 8.77. The van der Waals surface area contributed by atoms with Crippen molar-refractivity contribution >= 4 is 38.3 Å². The van der Waals surface area contributed by atoms with Crippen molar-refractivity contribution in [2.45, 2.75) is 31.6 Å². The van der Waals surface area contributed by atoms with Gasteiger partial charge in [0.1, 0.15) is 5.58 Å². The van der Waals surface area contributed by atoms with E-state index in [0.29, 0.717) is 23.5 Å². The molecule has 1 aliphatic rings. The molecule has 0 saturated heterocycles. The van der Waals surface area contributed by atoms with Gasteiger partial charge in [-0.1, -0.05) is 6.07 Å². The van der Waals surface area contributed by atoms with Crippen LogP contribution in [-0.2, 0) is 21.2 Å². The number of carbonyl (C=O) groups is 1. The van der Waals surface area contributed by atoms with Gasteiger partial charge < -0.3 is 9.32 Å². The largest absolute Gasteiger partial charge is 0.464 e. The number of nitrogens with zero attached hydrogens (tertiary/aromatic N) is 1. The van der Waals surface area contributed by atoms with Gasteiger partial charge >= 0.3 is 0 Å². The molecule has 3 aromatic rings. The molecule has 0 unspecified atom stereocenters. The van der Waals surface area contributed by atoms with Crippen LogP contribution in [0, 0.1) is 6.92 Å². The van der Waals surface area contributed by atoms with Crippen LogP contribution in [0.5, 0.6) is 0 Å². The van der Waals surface area contributed by atoms with Crippen LogP contribution >= 0.6 is 0 Å². The quantitative estimate of drug-likeness (QED) is 0.744. The predicted octanol–water partition coefficient (Wildman–Crippen LogP) is 3.84. The lowest BCUT2D eigenvalue weighted by Crippen LogP contribution is -2.33. The second-order valence-electron chi connectivity index (χ2n) is 6.80. The Morgan fingerprint density at radius 2 is 2.00 bits per heavy atom. The highest BCUT2D eigenvalue weighted by Gasteiger charge is 2.23. The van der Waals surface area contributed by atoms with Gasteiger partial charge in [0.2, 0.25) is 5.91 Å². The molecule has 1 N–H and O–H groups in total. The third-order valence-corrected chi connectivity index (χ3v) is 6.26. The molecule has 140 valence electrons. The van der Waals surface area contributed by atoms with Gasteiger partial charge in [-0.15, -0.1) is 0 Å². The summed E-state index contributed by atoms with van der Waals surface area (Å²) in [5, 5.41) is 0.864. The van der Waals surface area contributed by atoms with Crippen molar-refractivity contribution < 1.29 is 17.6 Å². The van der Waals surface area contributed by atoms with E-state index in [2.05, 4.69) is 4.72 Å². The summed E-state index contributed by atoms with van der Waals surface area (Å²) < 4.78 is 33.8. The summed E-state index contributed by atoms with van der Waals surface area (Å²) in [5.41, 5.74) is 3.79. The molecule has 1 aromatic heterocycles. The molecule has 27 heavy (non-hydrogen) atoms. The second-order valence-corrected chi connectivity index (χ2v) is 8.48. The number of hydrogen-bond donors (Lipinski definition) is 1. The van der Waals surface area contributed by atoms with Crippen molar-refractivity contribution in [3.05, 3.63) is 53.8 Å². The molecule has 0 aliphatic carbocycles. The van der Waals surface area contributed by atoms with E-state index in [1.165, 1.54) is 6.92 Å². The van der Waals surface area contributed by atoms with E-state index in [4.69, 9.17) is 4.42 Å². The fraction of sp³-hybridized carbons (Fsp3) is 0.250. The minimum atomic E-state index is -3.78. The summed E-state index contributed by atoms with van der Waals surface area (Å²) in [6.07, 6.45) is 3.35. The average Bonchev–Trinajstić information content (AvgIpc) is 3.01. The Kier molecular flexibility index (Phi) is 4.19. The number of sulfonamides is 1.